The van der Waals surface area contributed by atoms with Crippen LogP contribution in [0.1, 0.15) is 175 Å². The third kappa shape index (κ3) is 60.0. The molecule has 1 N–H and O–H groups in total. The van der Waals surface area contributed by atoms with E-state index in [-0.39, 0.29) is 19.3 Å². The van der Waals surface area contributed by atoms with Crippen LogP contribution < -0.4 is 15.3 Å². The second kappa shape index (κ2) is 43.2. The summed E-state index contributed by atoms with van der Waals surface area (Å²) in [5.41, 5.74) is 0. The number of aliphatic carboxylic acids is 3. The number of hydrogen-bond donors (Lipinski definition) is 1. The van der Waals surface area contributed by atoms with Crippen LogP contribution in [-0.2, 0) is 14.4 Å². The molecule has 0 bridgehead atoms. The van der Waals surface area contributed by atoms with Crippen LogP contribution in [0.3, 0.4) is 0 Å². The molecule has 38 heavy (non-hydrogen) atoms. The SMILES string of the molecule is CCCCCCCCCC(=O)[O-].CCCCCCCCCC(=O)[O-].CCCCCCCCCC(=O)[O-].[OH][Sn+3]. The van der Waals surface area contributed by atoms with Crippen molar-refractivity contribution in [3.05, 3.63) is 0 Å². The van der Waals surface area contributed by atoms with E-state index in [0.29, 0.717) is 22.9 Å². The zero-order valence-electron chi connectivity index (χ0n) is 24.9. The van der Waals surface area contributed by atoms with Gasteiger partial charge in [-0.15, -0.1) is 0 Å². The van der Waals surface area contributed by atoms with E-state index < -0.39 is 17.9 Å². The summed E-state index contributed by atoms with van der Waals surface area (Å²) in [4.78, 5) is 30.1. The summed E-state index contributed by atoms with van der Waals surface area (Å²) in [5.74, 6) is -2.74. The fraction of sp³-hybridized carbons (Fsp3) is 0.900. The minimum atomic E-state index is -0.913. The Morgan fingerprint density at radius 3 is 0.711 bits per heavy atom. The Kier molecular flexibility index (Phi) is 50.3. The molecular weight excluding hydrogens is 591 g/mol. The molecule has 0 atom stereocenters. The Bertz CT molecular complexity index is 407. The molecule has 0 aliphatic heterocycles. The van der Waals surface area contributed by atoms with Crippen molar-refractivity contribution in [2.45, 2.75) is 175 Å². The van der Waals surface area contributed by atoms with Crippen LogP contribution in [0.4, 0.5) is 0 Å². The topological polar surface area (TPSA) is 141 Å². The Balaban J connectivity index is -0.000000220. The number of carbonyl (C=O) groups excluding carboxylic acids is 3. The first-order valence-electron chi connectivity index (χ1n) is 15.1. The number of carboxylic acid groups (broad SMARTS) is 3. The van der Waals surface area contributed by atoms with Crippen LogP contribution in [0.25, 0.3) is 0 Å². The Labute approximate surface area is 248 Å². The summed E-state index contributed by atoms with van der Waals surface area (Å²) in [6.07, 6.45) is 25.0. The van der Waals surface area contributed by atoms with Crippen molar-refractivity contribution in [3.8, 4) is 0 Å². The molecule has 0 radical (unpaired) electrons. The number of rotatable bonds is 24. The zero-order chi connectivity index (χ0) is 29.7. The number of unbranched alkanes of at least 4 members (excludes halogenated alkanes) is 18. The van der Waals surface area contributed by atoms with Crippen molar-refractivity contribution in [3.63, 3.8) is 0 Å². The van der Waals surface area contributed by atoms with Gasteiger partial charge in [-0.1, -0.05) is 136 Å². The van der Waals surface area contributed by atoms with Gasteiger partial charge < -0.3 is 29.7 Å². The van der Waals surface area contributed by atoms with Gasteiger partial charge in [0.1, 0.15) is 0 Å². The molecule has 0 saturated heterocycles. The van der Waals surface area contributed by atoms with E-state index in [1.54, 1.807) is 0 Å². The first-order chi connectivity index (χ1) is 18.3. The summed E-state index contributed by atoms with van der Waals surface area (Å²) in [5, 5.41) is 30.1. The van der Waals surface area contributed by atoms with Gasteiger partial charge in [0, 0.05) is 17.9 Å². The summed E-state index contributed by atoms with van der Waals surface area (Å²) >= 11 is 0.550. The fourth-order valence-electron chi connectivity index (χ4n) is 3.68. The van der Waals surface area contributed by atoms with Crippen molar-refractivity contribution in [2.24, 2.45) is 0 Å². The van der Waals surface area contributed by atoms with Gasteiger partial charge in [0.05, 0.1) is 0 Å². The van der Waals surface area contributed by atoms with Crippen molar-refractivity contribution in [2.75, 3.05) is 0 Å². The van der Waals surface area contributed by atoms with Gasteiger partial charge in [0.25, 0.3) is 0 Å². The predicted molar refractivity (Wildman–Crippen MR) is 151 cm³/mol. The zero-order valence-corrected chi connectivity index (χ0v) is 27.7. The van der Waals surface area contributed by atoms with Gasteiger partial charge in [-0.2, -0.15) is 0 Å². The monoisotopic (exact) mass is 650 g/mol. The maximum atomic E-state index is 10.0. The quantitative estimate of drug-likeness (QED) is 0.118. The summed E-state index contributed by atoms with van der Waals surface area (Å²) in [6.45, 7) is 6.57. The first-order valence-corrected chi connectivity index (χ1v) is 16.4. The van der Waals surface area contributed by atoms with E-state index in [1.165, 1.54) is 96.3 Å². The van der Waals surface area contributed by atoms with Crippen LogP contribution in [0.15, 0.2) is 0 Å². The molecule has 0 fully saturated rings. The van der Waals surface area contributed by atoms with Crippen molar-refractivity contribution >= 4 is 40.8 Å². The van der Waals surface area contributed by atoms with E-state index in [1.807, 2.05) is 0 Å². The van der Waals surface area contributed by atoms with Crippen LogP contribution >= 0.6 is 0 Å². The standard InChI is InChI=1S/3C10H20O2.H2O.Sn/c3*1-2-3-4-5-6-7-8-9-10(11)12;;/h3*2-9H2,1H3,(H,11,12);1H2;/q;;;;+4/p-4. The van der Waals surface area contributed by atoms with Crippen LogP contribution in [0.2, 0.25) is 0 Å². The molecule has 0 unspecified atom stereocenters. The van der Waals surface area contributed by atoms with Crippen molar-refractivity contribution in [1.82, 2.24) is 0 Å². The molecule has 7 nitrogen and oxygen atoms in total. The Morgan fingerprint density at radius 1 is 0.395 bits per heavy atom. The van der Waals surface area contributed by atoms with Gasteiger partial charge in [0.15, 0.2) is 0 Å². The summed E-state index contributed by atoms with van der Waals surface area (Å²) < 4.78 is 7.09. The minimum absolute atomic E-state index is 0.230. The molecule has 224 valence electrons. The average molecular weight is 649 g/mol. The van der Waals surface area contributed by atoms with Crippen LogP contribution in [-0.4, -0.2) is 44.3 Å². The third-order valence-electron chi connectivity index (χ3n) is 5.95. The normalized spacial score (nSPS) is 9.74. The molecule has 0 heterocycles. The van der Waals surface area contributed by atoms with Crippen LogP contribution in [0, 0.1) is 0 Å². The number of hydrogen-bond acceptors (Lipinski definition) is 7. The molecular formula is C30H58O7Sn. The molecule has 0 spiro atoms. The average Bonchev–Trinajstić information content (AvgIpc) is 2.88. The van der Waals surface area contributed by atoms with E-state index in [9.17, 15) is 29.7 Å². The first kappa shape index (κ1) is 44.2. The molecule has 0 rings (SSSR count). The third-order valence-corrected chi connectivity index (χ3v) is 5.95. The van der Waals surface area contributed by atoms with E-state index in [0.717, 1.165) is 38.5 Å². The number of carboxylic acids is 3. The summed E-state index contributed by atoms with van der Waals surface area (Å²) in [6, 6.07) is 0. The van der Waals surface area contributed by atoms with Crippen molar-refractivity contribution < 1.29 is 33.1 Å². The van der Waals surface area contributed by atoms with E-state index in [2.05, 4.69) is 20.8 Å². The predicted octanol–water partition coefficient (Wildman–Crippen LogP) is 4.69. The van der Waals surface area contributed by atoms with Gasteiger partial charge in [-0.25, -0.2) is 0 Å². The van der Waals surface area contributed by atoms with Gasteiger partial charge in [-0.3, -0.25) is 0 Å². The van der Waals surface area contributed by atoms with Gasteiger partial charge in [-0.05, 0) is 38.5 Å². The number of carbonyl (C=O) groups is 3. The van der Waals surface area contributed by atoms with Gasteiger partial charge >= 0.3 is 26.4 Å². The van der Waals surface area contributed by atoms with Gasteiger partial charge in [0.2, 0.25) is 0 Å². The summed E-state index contributed by atoms with van der Waals surface area (Å²) in [7, 11) is 0. The van der Waals surface area contributed by atoms with Crippen LogP contribution in [0.5, 0.6) is 0 Å². The molecule has 8 heteroatoms. The molecule has 0 aliphatic carbocycles. The maximum absolute atomic E-state index is 10.0. The van der Waals surface area contributed by atoms with E-state index >= 15 is 0 Å². The molecule has 0 aromatic rings. The molecule has 0 aromatic heterocycles. The van der Waals surface area contributed by atoms with E-state index in [4.69, 9.17) is 3.44 Å². The Hall–Kier alpha value is -0.831. The molecule has 0 aromatic carbocycles. The molecule has 0 amide bonds. The molecule has 0 aliphatic rings. The second-order valence-electron chi connectivity index (χ2n) is 9.73. The Morgan fingerprint density at radius 2 is 0.553 bits per heavy atom. The van der Waals surface area contributed by atoms with Crippen molar-refractivity contribution in [1.29, 1.82) is 0 Å². The molecule has 0 saturated carbocycles. The fourth-order valence-corrected chi connectivity index (χ4v) is 3.68. The second-order valence-corrected chi connectivity index (χ2v) is 9.73.